The fraction of sp³-hybridized carbons (Fsp3) is 0.357. The van der Waals surface area contributed by atoms with Gasteiger partial charge in [0.15, 0.2) is 0 Å². The molecule has 7 heteroatoms. The zero-order chi connectivity index (χ0) is 15.7. The van der Waals surface area contributed by atoms with Gasteiger partial charge in [-0.2, -0.15) is 0 Å². The number of aromatic carboxylic acids is 1. The van der Waals surface area contributed by atoms with Crippen molar-refractivity contribution < 1.29 is 19.5 Å². The largest absolute Gasteiger partial charge is 0.478 e. The maximum Gasteiger partial charge on any atom is 0.335 e. The monoisotopic (exact) mass is 293 g/mol. The number of carbonyl (C=O) groups excluding carboxylic acids is 2. The SMILES string of the molecule is CCNC(=O)CCNC(=O)NCc1cccc(C(=O)O)c1. The number of carboxylic acid groups (broad SMARTS) is 1. The van der Waals surface area contributed by atoms with Gasteiger partial charge in [-0.1, -0.05) is 12.1 Å². The first-order valence-electron chi connectivity index (χ1n) is 6.63. The Morgan fingerprint density at radius 3 is 2.57 bits per heavy atom. The first kappa shape index (κ1) is 16.5. The van der Waals surface area contributed by atoms with Crippen LogP contribution >= 0.6 is 0 Å². The van der Waals surface area contributed by atoms with Crippen LogP contribution in [-0.4, -0.2) is 36.1 Å². The summed E-state index contributed by atoms with van der Waals surface area (Å²) in [6.45, 7) is 2.84. The molecule has 1 rings (SSSR count). The lowest BCUT2D eigenvalue weighted by molar-refractivity contribution is -0.120. The Labute approximate surface area is 122 Å². The molecule has 0 atom stereocenters. The molecule has 0 radical (unpaired) electrons. The molecule has 114 valence electrons. The van der Waals surface area contributed by atoms with Gasteiger partial charge in [-0.15, -0.1) is 0 Å². The van der Waals surface area contributed by atoms with Crippen molar-refractivity contribution >= 4 is 17.9 Å². The topological polar surface area (TPSA) is 108 Å². The van der Waals surface area contributed by atoms with Crippen molar-refractivity contribution in [3.05, 3.63) is 35.4 Å². The molecule has 0 fully saturated rings. The number of urea groups is 1. The number of carbonyl (C=O) groups is 3. The van der Waals surface area contributed by atoms with E-state index in [4.69, 9.17) is 5.11 Å². The molecule has 0 spiro atoms. The number of benzene rings is 1. The molecular weight excluding hydrogens is 274 g/mol. The molecule has 7 nitrogen and oxygen atoms in total. The minimum absolute atomic E-state index is 0.119. The average molecular weight is 293 g/mol. The smallest absolute Gasteiger partial charge is 0.335 e. The highest BCUT2D eigenvalue weighted by atomic mass is 16.4. The molecule has 1 aromatic carbocycles. The Morgan fingerprint density at radius 2 is 1.90 bits per heavy atom. The van der Waals surface area contributed by atoms with Gasteiger partial charge in [-0.05, 0) is 24.6 Å². The second-order valence-corrected chi connectivity index (χ2v) is 4.32. The highest BCUT2D eigenvalue weighted by molar-refractivity contribution is 5.87. The van der Waals surface area contributed by atoms with Gasteiger partial charge < -0.3 is 21.1 Å². The molecule has 0 aliphatic rings. The first-order valence-corrected chi connectivity index (χ1v) is 6.63. The van der Waals surface area contributed by atoms with Crippen molar-refractivity contribution in [1.82, 2.24) is 16.0 Å². The lowest BCUT2D eigenvalue weighted by Crippen LogP contribution is -2.37. The van der Waals surface area contributed by atoms with Gasteiger partial charge in [0.2, 0.25) is 5.91 Å². The second-order valence-electron chi connectivity index (χ2n) is 4.32. The molecule has 0 aliphatic carbocycles. The molecule has 21 heavy (non-hydrogen) atoms. The number of nitrogens with one attached hydrogen (secondary N) is 3. The normalized spacial score (nSPS) is 9.76. The number of carboxylic acids is 1. The van der Waals surface area contributed by atoms with Crippen molar-refractivity contribution in [3.63, 3.8) is 0 Å². The minimum atomic E-state index is -1.01. The van der Waals surface area contributed by atoms with E-state index in [1.54, 1.807) is 12.1 Å². The predicted octanol–water partition coefficient (Wildman–Crippen LogP) is 0.710. The van der Waals surface area contributed by atoms with Gasteiger partial charge in [0.25, 0.3) is 0 Å². The van der Waals surface area contributed by atoms with E-state index >= 15 is 0 Å². The van der Waals surface area contributed by atoms with Gasteiger partial charge in [0.05, 0.1) is 5.56 Å². The van der Waals surface area contributed by atoms with Gasteiger partial charge in [-0.25, -0.2) is 9.59 Å². The van der Waals surface area contributed by atoms with Crippen LogP contribution in [0.4, 0.5) is 4.79 Å². The summed E-state index contributed by atoms with van der Waals surface area (Å²) in [5.41, 5.74) is 0.861. The highest BCUT2D eigenvalue weighted by Gasteiger charge is 2.05. The van der Waals surface area contributed by atoms with Crippen LogP contribution in [0, 0.1) is 0 Å². The molecule has 3 amide bonds. The molecule has 0 saturated carbocycles. The maximum absolute atomic E-state index is 11.5. The van der Waals surface area contributed by atoms with E-state index in [0.29, 0.717) is 12.1 Å². The van der Waals surface area contributed by atoms with Crippen molar-refractivity contribution in [2.45, 2.75) is 19.9 Å². The van der Waals surface area contributed by atoms with Gasteiger partial charge in [0.1, 0.15) is 0 Å². The third-order valence-electron chi connectivity index (χ3n) is 2.64. The quantitative estimate of drug-likeness (QED) is 0.594. The van der Waals surface area contributed by atoms with Crippen LogP contribution in [0.15, 0.2) is 24.3 Å². The summed E-state index contributed by atoms with van der Waals surface area (Å²) in [5.74, 6) is -1.13. The van der Waals surface area contributed by atoms with Crippen molar-refractivity contribution in [3.8, 4) is 0 Å². The van der Waals surface area contributed by atoms with Gasteiger partial charge >= 0.3 is 12.0 Å². The Kier molecular flexibility index (Phi) is 6.73. The van der Waals surface area contributed by atoms with Crippen molar-refractivity contribution in [2.75, 3.05) is 13.1 Å². The van der Waals surface area contributed by atoms with Gasteiger partial charge in [-0.3, -0.25) is 4.79 Å². The number of amides is 3. The Hall–Kier alpha value is -2.57. The summed E-state index contributed by atoms with van der Waals surface area (Å²) in [4.78, 5) is 33.5. The van der Waals surface area contributed by atoms with E-state index in [1.165, 1.54) is 12.1 Å². The third-order valence-corrected chi connectivity index (χ3v) is 2.64. The lowest BCUT2D eigenvalue weighted by Gasteiger charge is -2.08. The van der Waals surface area contributed by atoms with Crippen LogP contribution in [0.25, 0.3) is 0 Å². The number of rotatable bonds is 7. The van der Waals surface area contributed by atoms with E-state index in [1.807, 2.05) is 6.92 Å². The Bertz CT molecular complexity index is 517. The van der Waals surface area contributed by atoms with Crippen LogP contribution in [-0.2, 0) is 11.3 Å². The summed E-state index contributed by atoms with van der Waals surface area (Å²) < 4.78 is 0. The zero-order valence-electron chi connectivity index (χ0n) is 11.8. The third kappa shape index (κ3) is 6.42. The van der Waals surface area contributed by atoms with Crippen LogP contribution < -0.4 is 16.0 Å². The van der Waals surface area contributed by atoms with Crippen LogP contribution in [0.2, 0.25) is 0 Å². The summed E-state index contributed by atoms with van der Waals surface area (Å²) in [5, 5.41) is 16.6. The molecule has 4 N–H and O–H groups in total. The Balaban J connectivity index is 2.31. The molecule has 0 aliphatic heterocycles. The summed E-state index contributed by atoms with van der Waals surface area (Å²) in [6.07, 6.45) is 0.218. The number of hydrogen-bond acceptors (Lipinski definition) is 3. The molecule has 0 bridgehead atoms. The van der Waals surface area contributed by atoms with Crippen LogP contribution in [0.1, 0.15) is 29.3 Å². The van der Waals surface area contributed by atoms with E-state index in [0.717, 1.165) is 0 Å². The molecular formula is C14H19N3O4. The molecule has 1 aromatic rings. The summed E-state index contributed by atoms with van der Waals surface area (Å²) >= 11 is 0. The fourth-order valence-electron chi connectivity index (χ4n) is 1.63. The highest BCUT2D eigenvalue weighted by Crippen LogP contribution is 2.04. The fourth-order valence-corrected chi connectivity index (χ4v) is 1.63. The van der Waals surface area contributed by atoms with Crippen molar-refractivity contribution in [2.24, 2.45) is 0 Å². The van der Waals surface area contributed by atoms with Gasteiger partial charge in [0, 0.05) is 26.1 Å². The number of hydrogen-bond donors (Lipinski definition) is 4. The standard InChI is InChI=1S/C14H19N3O4/c1-2-15-12(18)6-7-16-14(21)17-9-10-4-3-5-11(8-10)13(19)20/h3-5,8H,2,6-7,9H2,1H3,(H,15,18)(H,19,20)(H2,16,17,21). The molecule has 0 saturated heterocycles. The van der Waals surface area contributed by atoms with E-state index in [2.05, 4.69) is 16.0 Å². The minimum Gasteiger partial charge on any atom is -0.478 e. The lowest BCUT2D eigenvalue weighted by atomic mass is 10.1. The zero-order valence-corrected chi connectivity index (χ0v) is 11.8. The van der Waals surface area contributed by atoms with E-state index < -0.39 is 12.0 Å². The van der Waals surface area contributed by atoms with E-state index in [-0.39, 0.29) is 31.0 Å². The maximum atomic E-state index is 11.5. The average Bonchev–Trinajstić information content (AvgIpc) is 2.45. The second kappa shape index (κ2) is 8.57. The van der Waals surface area contributed by atoms with Crippen LogP contribution in [0.3, 0.4) is 0 Å². The molecule has 0 aromatic heterocycles. The first-order chi connectivity index (χ1) is 10.0. The predicted molar refractivity (Wildman–Crippen MR) is 76.9 cm³/mol. The Morgan fingerprint density at radius 1 is 1.14 bits per heavy atom. The van der Waals surface area contributed by atoms with Crippen LogP contribution in [0.5, 0.6) is 0 Å². The van der Waals surface area contributed by atoms with E-state index in [9.17, 15) is 14.4 Å². The summed E-state index contributed by atoms with van der Waals surface area (Å²) in [7, 11) is 0. The molecule has 0 unspecified atom stereocenters. The van der Waals surface area contributed by atoms with Crippen molar-refractivity contribution in [1.29, 1.82) is 0 Å². The summed E-state index contributed by atoms with van der Waals surface area (Å²) in [6, 6.07) is 5.92. The molecule has 0 heterocycles.